The molecule has 0 aliphatic rings. The molecule has 0 saturated heterocycles. The van der Waals surface area contributed by atoms with Crippen molar-refractivity contribution in [3.8, 4) is 5.69 Å². The molecule has 0 spiro atoms. The van der Waals surface area contributed by atoms with Crippen LogP contribution in [0.4, 0.5) is 5.82 Å². The molecule has 0 aliphatic heterocycles. The van der Waals surface area contributed by atoms with E-state index in [4.69, 9.17) is 16.7 Å². The second kappa shape index (κ2) is 2.90. The molecule has 4 nitrogen and oxygen atoms in total. The lowest BCUT2D eigenvalue weighted by atomic mass is 10.4. The van der Waals surface area contributed by atoms with Crippen LogP contribution < -0.4 is 5.73 Å². The van der Waals surface area contributed by atoms with Crippen LogP contribution in [-0.4, -0.2) is 14.5 Å². The molecule has 0 fully saturated rings. The molecular formula is C9H10N4. The van der Waals surface area contributed by atoms with E-state index in [2.05, 4.69) is 9.97 Å². The van der Waals surface area contributed by atoms with Gasteiger partial charge in [-0.25, -0.2) is 9.97 Å². The molecule has 2 aromatic rings. The van der Waals surface area contributed by atoms with Crippen LogP contribution in [0.25, 0.3) is 5.69 Å². The summed E-state index contributed by atoms with van der Waals surface area (Å²) in [5.41, 5.74) is 4.39. The van der Waals surface area contributed by atoms with Gasteiger partial charge in [-0.05, 0) is 18.9 Å². The third kappa shape index (κ3) is 1.51. The number of aryl methyl sites for hydroxylation is 1. The molecule has 0 amide bonds. The Morgan fingerprint density at radius 1 is 1.54 bits per heavy atom. The van der Waals surface area contributed by atoms with Crippen molar-refractivity contribution in [2.75, 3.05) is 5.73 Å². The van der Waals surface area contributed by atoms with E-state index in [9.17, 15) is 0 Å². The number of hydrogen-bond donors (Lipinski definition) is 1. The fraction of sp³-hybridized carbons (Fsp3) is 0.111. The number of nitrogens with two attached hydrogens (primary N) is 1. The standard InChI is InChI=1S/C9H10N4/c1-7-5-13(6-12-7)8-2-3-9(10)11-4-8/h2-6H,1H3,(H2,10,11)/i1D3,2D,3D,4D,5D,6D. The smallest absolute Gasteiger partial charge is 0.123 e. The van der Waals surface area contributed by atoms with Crippen LogP contribution in [0, 0.1) is 6.85 Å². The molecule has 0 unspecified atom stereocenters. The third-order valence-corrected chi connectivity index (χ3v) is 1.29. The second-order valence-corrected chi connectivity index (χ2v) is 2.22. The maximum absolute atomic E-state index is 7.81. The summed E-state index contributed by atoms with van der Waals surface area (Å²) in [5, 5.41) is 0. The van der Waals surface area contributed by atoms with E-state index in [1.54, 1.807) is 0 Å². The van der Waals surface area contributed by atoms with Gasteiger partial charge >= 0.3 is 0 Å². The van der Waals surface area contributed by atoms with Gasteiger partial charge in [-0.15, -0.1) is 0 Å². The minimum atomic E-state index is -2.70. The van der Waals surface area contributed by atoms with E-state index in [1.807, 2.05) is 0 Å². The van der Waals surface area contributed by atoms with Gasteiger partial charge in [0, 0.05) is 10.3 Å². The summed E-state index contributed by atoms with van der Waals surface area (Å²) in [4.78, 5) is 7.03. The van der Waals surface area contributed by atoms with Crippen LogP contribution in [0.5, 0.6) is 0 Å². The first-order valence-corrected chi connectivity index (χ1v) is 3.35. The largest absolute Gasteiger partial charge is 0.384 e. The fourth-order valence-corrected chi connectivity index (χ4v) is 0.760. The van der Waals surface area contributed by atoms with Gasteiger partial charge in [0.15, 0.2) is 0 Å². The first-order valence-electron chi connectivity index (χ1n) is 7.35. The van der Waals surface area contributed by atoms with Crippen molar-refractivity contribution in [1.29, 1.82) is 0 Å². The van der Waals surface area contributed by atoms with Crippen molar-refractivity contribution >= 4 is 5.82 Å². The minimum absolute atomic E-state index is 0.331. The number of anilines is 1. The molecule has 0 saturated carbocycles. The van der Waals surface area contributed by atoms with Crippen molar-refractivity contribution in [3.63, 3.8) is 0 Å². The van der Waals surface area contributed by atoms with Crippen molar-refractivity contribution in [2.45, 2.75) is 6.85 Å². The van der Waals surface area contributed by atoms with E-state index in [1.165, 1.54) is 0 Å². The average molecular weight is 182 g/mol. The zero-order valence-corrected chi connectivity index (χ0v) is 6.42. The SMILES string of the molecule is [2H]c1nc(N)c([2H])c([2H])c1-n1c([2H])nc(C([2H])([2H])[2H])c1[2H]. The number of aromatic nitrogens is 3. The van der Waals surface area contributed by atoms with Crippen LogP contribution in [0.1, 0.15) is 16.7 Å². The normalized spacial score (nSPS) is 20.0. The number of rotatable bonds is 1. The van der Waals surface area contributed by atoms with Gasteiger partial charge < -0.3 is 10.3 Å². The highest BCUT2D eigenvalue weighted by Gasteiger charge is 1.96. The van der Waals surface area contributed by atoms with Crippen LogP contribution in [0.15, 0.2) is 30.7 Å². The number of pyridine rings is 1. The monoisotopic (exact) mass is 182 g/mol. The highest BCUT2D eigenvalue weighted by molar-refractivity contribution is 5.37. The number of imidazole rings is 1. The zero-order valence-electron chi connectivity index (χ0n) is 14.4. The van der Waals surface area contributed by atoms with Crippen LogP contribution in [0.3, 0.4) is 0 Å². The van der Waals surface area contributed by atoms with E-state index in [0.29, 0.717) is 4.57 Å². The Morgan fingerprint density at radius 3 is 3.23 bits per heavy atom. The minimum Gasteiger partial charge on any atom is -0.384 e. The number of nitrogen functional groups attached to an aromatic ring is 1. The number of nitrogens with zero attached hydrogens (tertiary/aromatic N) is 3. The highest BCUT2D eigenvalue weighted by Crippen LogP contribution is 2.07. The lowest BCUT2D eigenvalue weighted by molar-refractivity contribution is 1.04. The molecule has 2 N–H and O–H groups in total. The predicted molar refractivity (Wildman–Crippen MR) is 50.5 cm³/mol. The maximum atomic E-state index is 7.81. The Kier molecular flexibility index (Phi) is 0.631. The van der Waals surface area contributed by atoms with Crippen molar-refractivity contribution in [1.82, 2.24) is 14.5 Å². The number of hydrogen-bond acceptors (Lipinski definition) is 3. The van der Waals surface area contributed by atoms with Gasteiger partial charge in [-0.2, -0.15) is 0 Å². The van der Waals surface area contributed by atoms with Crippen LogP contribution in [-0.2, 0) is 0 Å². The summed E-state index contributed by atoms with van der Waals surface area (Å²) in [7, 11) is 0. The van der Waals surface area contributed by atoms with Crippen LogP contribution >= 0.6 is 0 Å². The van der Waals surface area contributed by atoms with Gasteiger partial charge in [0.1, 0.15) is 7.19 Å². The Bertz CT molecular complexity index is 720. The molecule has 2 heterocycles. The fourth-order valence-electron chi connectivity index (χ4n) is 0.760. The molecule has 0 atom stereocenters. The molecule has 66 valence electrons. The molecule has 0 aliphatic carbocycles. The molecular weight excluding hydrogens is 164 g/mol. The first kappa shape index (κ1) is 2.83. The van der Waals surface area contributed by atoms with Gasteiger partial charge in [-0.1, -0.05) is 0 Å². The summed E-state index contributed by atoms with van der Waals surface area (Å²) >= 11 is 0. The quantitative estimate of drug-likeness (QED) is 0.720. The molecule has 0 radical (unpaired) electrons. The Labute approximate surface area is 87.3 Å². The third-order valence-electron chi connectivity index (χ3n) is 1.29. The summed E-state index contributed by atoms with van der Waals surface area (Å²) in [6, 6.07) is -0.993. The maximum Gasteiger partial charge on any atom is 0.123 e. The molecule has 2 aromatic heterocycles. The van der Waals surface area contributed by atoms with E-state index in [-0.39, 0.29) is 11.5 Å². The van der Waals surface area contributed by atoms with Crippen molar-refractivity contribution < 1.29 is 11.0 Å². The summed E-state index contributed by atoms with van der Waals surface area (Å²) in [6.07, 6.45) is -1.81. The Morgan fingerprint density at radius 2 is 2.46 bits per heavy atom. The Balaban J connectivity index is 2.81. The average Bonchev–Trinajstić information content (AvgIpc) is 2.64. The van der Waals surface area contributed by atoms with Crippen molar-refractivity contribution in [2.24, 2.45) is 0 Å². The van der Waals surface area contributed by atoms with Crippen LogP contribution in [0.2, 0.25) is 0 Å². The van der Waals surface area contributed by atoms with Gasteiger partial charge in [0.05, 0.1) is 29.3 Å². The highest BCUT2D eigenvalue weighted by atomic mass is 15.0. The Hall–Kier alpha value is -1.84. The van der Waals surface area contributed by atoms with Gasteiger partial charge in [0.2, 0.25) is 0 Å². The first-order chi connectivity index (χ1) is 9.55. The molecule has 4 heteroatoms. The molecule has 0 bridgehead atoms. The van der Waals surface area contributed by atoms with E-state index < -0.39 is 43.3 Å². The van der Waals surface area contributed by atoms with Crippen molar-refractivity contribution in [3.05, 3.63) is 36.4 Å². The molecule has 0 aromatic carbocycles. The summed E-state index contributed by atoms with van der Waals surface area (Å²) in [6.45, 7) is -2.70. The van der Waals surface area contributed by atoms with E-state index in [0.717, 1.165) is 0 Å². The van der Waals surface area contributed by atoms with Gasteiger partial charge in [-0.3, -0.25) is 0 Å². The lowest BCUT2D eigenvalue weighted by Gasteiger charge is -2.00. The lowest BCUT2D eigenvalue weighted by Crippen LogP contribution is -1.93. The summed E-state index contributed by atoms with van der Waals surface area (Å²) < 4.78 is 61.0. The molecule has 13 heavy (non-hydrogen) atoms. The van der Waals surface area contributed by atoms with Gasteiger partial charge in [0.25, 0.3) is 0 Å². The predicted octanol–water partition coefficient (Wildman–Crippen LogP) is 1.16. The topological polar surface area (TPSA) is 56.7 Å². The summed E-state index contributed by atoms with van der Waals surface area (Å²) in [5.74, 6) is -0.331. The molecule has 2 rings (SSSR count). The zero-order chi connectivity index (χ0) is 16.1. The van der Waals surface area contributed by atoms with E-state index >= 15 is 0 Å². The second-order valence-electron chi connectivity index (χ2n) is 2.22.